The van der Waals surface area contributed by atoms with Crippen LogP contribution in [0.25, 0.3) is 0 Å². The van der Waals surface area contributed by atoms with Gasteiger partial charge in [0.2, 0.25) is 0 Å². The monoisotopic (exact) mass is 201 g/mol. The van der Waals surface area contributed by atoms with Crippen molar-refractivity contribution in [1.29, 1.82) is 0 Å². The molecule has 0 amide bonds. The Balaban J connectivity index is 3.42. The van der Waals surface area contributed by atoms with Crippen molar-refractivity contribution in [3.63, 3.8) is 0 Å². The molecule has 2 N–H and O–H groups in total. The lowest BCUT2D eigenvalue weighted by atomic mass is 10.0. The molecular formula is C12H27NO. The second-order valence-corrected chi connectivity index (χ2v) is 4.64. The summed E-state index contributed by atoms with van der Waals surface area (Å²) >= 11 is 0. The average molecular weight is 201 g/mol. The minimum atomic E-state index is 0.321. The molecule has 0 bridgehead atoms. The summed E-state index contributed by atoms with van der Waals surface area (Å²) in [7, 11) is 0. The summed E-state index contributed by atoms with van der Waals surface area (Å²) in [6, 6.07) is 0.652. The highest BCUT2D eigenvalue weighted by atomic mass is 16.3. The summed E-state index contributed by atoms with van der Waals surface area (Å²) < 4.78 is 0. The lowest BCUT2D eigenvalue weighted by Gasteiger charge is -2.21. The summed E-state index contributed by atoms with van der Waals surface area (Å²) in [6.07, 6.45) is 3.50. The first-order valence-electron chi connectivity index (χ1n) is 5.96. The van der Waals surface area contributed by atoms with E-state index in [0.717, 1.165) is 18.9 Å². The lowest BCUT2D eigenvalue weighted by molar-refractivity contribution is 0.227. The van der Waals surface area contributed by atoms with Crippen molar-refractivity contribution in [2.75, 3.05) is 13.2 Å². The highest BCUT2D eigenvalue weighted by molar-refractivity contribution is 4.68. The molecule has 0 aromatic heterocycles. The van der Waals surface area contributed by atoms with Crippen molar-refractivity contribution < 1.29 is 5.11 Å². The Morgan fingerprint density at radius 3 is 2.29 bits per heavy atom. The van der Waals surface area contributed by atoms with Crippen molar-refractivity contribution in [2.45, 2.75) is 53.0 Å². The van der Waals surface area contributed by atoms with Gasteiger partial charge in [0.15, 0.2) is 0 Å². The lowest BCUT2D eigenvalue weighted by Crippen LogP contribution is -2.34. The molecule has 0 saturated heterocycles. The molecule has 86 valence electrons. The van der Waals surface area contributed by atoms with Gasteiger partial charge in [0.1, 0.15) is 0 Å². The highest BCUT2D eigenvalue weighted by Gasteiger charge is 2.09. The molecule has 0 aliphatic heterocycles. The fourth-order valence-corrected chi connectivity index (χ4v) is 1.68. The number of rotatable bonds is 8. The molecule has 0 aromatic carbocycles. The minimum Gasteiger partial charge on any atom is -0.396 e. The number of hydrogen-bond acceptors (Lipinski definition) is 2. The minimum absolute atomic E-state index is 0.321. The smallest absolute Gasteiger partial charge is 0.0456 e. The molecule has 0 heterocycles. The maximum Gasteiger partial charge on any atom is 0.0456 e. The molecular weight excluding hydrogens is 174 g/mol. The van der Waals surface area contributed by atoms with E-state index in [1.165, 1.54) is 12.8 Å². The van der Waals surface area contributed by atoms with Crippen molar-refractivity contribution in [2.24, 2.45) is 11.8 Å². The van der Waals surface area contributed by atoms with E-state index in [9.17, 15) is 0 Å². The van der Waals surface area contributed by atoms with E-state index >= 15 is 0 Å². The van der Waals surface area contributed by atoms with Gasteiger partial charge in [0.25, 0.3) is 0 Å². The first-order valence-corrected chi connectivity index (χ1v) is 5.96. The summed E-state index contributed by atoms with van der Waals surface area (Å²) in [4.78, 5) is 0. The van der Waals surface area contributed by atoms with Gasteiger partial charge in [0, 0.05) is 12.6 Å². The standard InChI is InChI=1S/C12H27NO/c1-5-12(10(2)3)13-8-6-7-11(4)9-14/h10-14H,5-9H2,1-4H3. The van der Waals surface area contributed by atoms with Crippen molar-refractivity contribution in [3.05, 3.63) is 0 Å². The molecule has 2 heteroatoms. The van der Waals surface area contributed by atoms with Crippen molar-refractivity contribution in [3.8, 4) is 0 Å². The molecule has 2 atom stereocenters. The maximum absolute atomic E-state index is 8.86. The van der Waals surface area contributed by atoms with Gasteiger partial charge in [-0.2, -0.15) is 0 Å². The molecule has 0 aromatic rings. The van der Waals surface area contributed by atoms with Crippen LogP contribution in [0.4, 0.5) is 0 Å². The molecule has 2 unspecified atom stereocenters. The zero-order valence-corrected chi connectivity index (χ0v) is 10.2. The van der Waals surface area contributed by atoms with Gasteiger partial charge in [-0.15, -0.1) is 0 Å². The Hall–Kier alpha value is -0.0800. The highest BCUT2D eigenvalue weighted by Crippen LogP contribution is 2.07. The second kappa shape index (κ2) is 8.25. The van der Waals surface area contributed by atoms with E-state index in [1.54, 1.807) is 0 Å². The fourth-order valence-electron chi connectivity index (χ4n) is 1.68. The number of nitrogens with one attached hydrogen (secondary N) is 1. The Labute approximate surface area is 89.1 Å². The van der Waals surface area contributed by atoms with E-state index in [4.69, 9.17) is 5.11 Å². The van der Waals surface area contributed by atoms with Gasteiger partial charge in [-0.3, -0.25) is 0 Å². The normalized spacial score (nSPS) is 15.9. The van der Waals surface area contributed by atoms with Crippen LogP contribution in [0.3, 0.4) is 0 Å². The molecule has 2 nitrogen and oxygen atoms in total. The molecule has 0 radical (unpaired) electrons. The Kier molecular flexibility index (Phi) is 8.20. The van der Waals surface area contributed by atoms with Crippen LogP contribution in [-0.4, -0.2) is 24.3 Å². The van der Waals surface area contributed by atoms with Crippen LogP contribution < -0.4 is 5.32 Å². The van der Waals surface area contributed by atoms with E-state index in [0.29, 0.717) is 18.6 Å². The summed E-state index contributed by atoms with van der Waals surface area (Å²) in [5, 5.41) is 12.4. The first-order chi connectivity index (χ1) is 6.61. The van der Waals surface area contributed by atoms with Gasteiger partial charge < -0.3 is 10.4 Å². The number of aliphatic hydroxyl groups is 1. The third-order valence-corrected chi connectivity index (χ3v) is 2.84. The molecule has 0 spiro atoms. The SMILES string of the molecule is CCC(NCCCC(C)CO)C(C)C. The van der Waals surface area contributed by atoms with Crippen LogP contribution >= 0.6 is 0 Å². The van der Waals surface area contributed by atoms with Crippen LogP contribution in [0.15, 0.2) is 0 Å². The van der Waals surface area contributed by atoms with Crippen LogP contribution in [0, 0.1) is 11.8 Å². The van der Waals surface area contributed by atoms with Crippen molar-refractivity contribution in [1.82, 2.24) is 5.32 Å². The molecule has 0 rings (SSSR count). The molecule has 0 aliphatic carbocycles. The van der Waals surface area contributed by atoms with Crippen LogP contribution in [-0.2, 0) is 0 Å². The molecule has 0 aliphatic rings. The van der Waals surface area contributed by atoms with Crippen LogP contribution in [0.5, 0.6) is 0 Å². The van der Waals surface area contributed by atoms with E-state index < -0.39 is 0 Å². The predicted octanol–water partition coefficient (Wildman–Crippen LogP) is 2.42. The third kappa shape index (κ3) is 6.39. The fraction of sp³-hybridized carbons (Fsp3) is 1.00. The summed E-state index contributed by atoms with van der Waals surface area (Å²) in [5.41, 5.74) is 0. The molecule has 0 saturated carbocycles. The maximum atomic E-state index is 8.86. The van der Waals surface area contributed by atoms with E-state index in [-0.39, 0.29) is 0 Å². The summed E-state index contributed by atoms with van der Waals surface area (Å²) in [6.45, 7) is 10.3. The largest absolute Gasteiger partial charge is 0.396 e. The van der Waals surface area contributed by atoms with Gasteiger partial charge in [-0.1, -0.05) is 27.7 Å². The average Bonchev–Trinajstić information content (AvgIpc) is 2.16. The van der Waals surface area contributed by atoms with Gasteiger partial charge in [0.05, 0.1) is 0 Å². The Bertz CT molecular complexity index is 125. The molecule has 0 fully saturated rings. The first kappa shape index (κ1) is 13.9. The number of aliphatic hydroxyl groups excluding tert-OH is 1. The Morgan fingerprint density at radius 2 is 1.86 bits per heavy atom. The second-order valence-electron chi connectivity index (χ2n) is 4.64. The van der Waals surface area contributed by atoms with Gasteiger partial charge in [-0.25, -0.2) is 0 Å². The van der Waals surface area contributed by atoms with E-state index in [1.807, 2.05) is 0 Å². The van der Waals surface area contributed by atoms with Crippen LogP contribution in [0.1, 0.15) is 47.0 Å². The number of hydrogen-bond donors (Lipinski definition) is 2. The topological polar surface area (TPSA) is 32.3 Å². The zero-order chi connectivity index (χ0) is 11.0. The van der Waals surface area contributed by atoms with E-state index in [2.05, 4.69) is 33.0 Å². The summed E-state index contributed by atoms with van der Waals surface area (Å²) in [5.74, 6) is 1.17. The predicted molar refractivity (Wildman–Crippen MR) is 62.4 cm³/mol. The Morgan fingerprint density at radius 1 is 1.21 bits per heavy atom. The zero-order valence-electron chi connectivity index (χ0n) is 10.2. The van der Waals surface area contributed by atoms with Crippen molar-refractivity contribution >= 4 is 0 Å². The van der Waals surface area contributed by atoms with Gasteiger partial charge >= 0.3 is 0 Å². The third-order valence-electron chi connectivity index (χ3n) is 2.84. The van der Waals surface area contributed by atoms with Crippen LogP contribution in [0.2, 0.25) is 0 Å². The quantitative estimate of drug-likeness (QED) is 0.591. The van der Waals surface area contributed by atoms with Gasteiger partial charge in [-0.05, 0) is 37.6 Å². The molecule has 14 heavy (non-hydrogen) atoms.